The molecule has 0 spiro atoms. The summed E-state index contributed by atoms with van der Waals surface area (Å²) < 4.78 is 12.9. The van der Waals surface area contributed by atoms with Crippen molar-refractivity contribution >= 4 is 11.7 Å². The van der Waals surface area contributed by atoms with E-state index in [0.717, 1.165) is 25.7 Å². The van der Waals surface area contributed by atoms with Gasteiger partial charge in [0.15, 0.2) is 0 Å². The van der Waals surface area contributed by atoms with Gasteiger partial charge >= 0.3 is 6.03 Å². The van der Waals surface area contributed by atoms with Crippen molar-refractivity contribution < 1.29 is 14.3 Å². The Morgan fingerprint density at radius 3 is 3.00 bits per heavy atom. The van der Waals surface area contributed by atoms with Gasteiger partial charge in [-0.05, 0) is 43.4 Å². The monoisotopic (exact) mass is 266 g/mol. The normalized spacial score (nSPS) is 22.8. The molecule has 0 aromatic heterocycles. The Morgan fingerprint density at radius 2 is 2.26 bits per heavy atom. The number of aliphatic hydroxyl groups excluding tert-OH is 1. The summed E-state index contributed by atoms with van der Waals surface area (Å²) in [4.78, 5) is 11.6. The molecular formula is C14H19FN2O2. The van der Waals surface area contributed by atoms with Crippen LogP contribution < -0.4 is 10.6 Å². The van der Waals surface area contributed by atoms with Crippen molar-refractivity contribution in [1.29, 1.82) is 0 Å². The average Bonchev–Trinajstić information content (AvgIpc) is 2.36. The zero-order chi connectivity index (χ0) is 13.7. The van der Waals surface area contributed by atoms with Crippen LogP contribution in [0.4, 0.5) is 14.9 Å². The van der Waals surface area contributed by atoms with Crippen LogP contribution in [0.1, 0.15) is 25.7 Å². The number of anilines is 1. The fourth-order valence-corrected chi connectivity index (χ4v) is 2.43. The highest BCUT2D eigenvalue weighted by Gasteiger charge is 2.20. The number of carbonyl (C=O) groups is 1. The first kappa shape index (κ1) is 13.8. The molecule has 2 amide bonds. The van der Waals surface area contributed by atoms with Gasteiger partial charge in [0.2, 0.25) is 0 Å². The van der Waals surface area contributed by atoms with E-state index in [-0.39, 0.29) is 18.0 Å². The highest BCUT2D eigenvalue weighted by Crippen LogP contribution is 2.23. The van der Waals surface area contributed by atoms with Crippen LogP contribution in [0.15, 0.2) is 24.3 Å². The van der Waals surface area contributed by atoms with E-state index in [1.165, 1.54) is 12.1 Å². The van der Waals surface area contributed by atoms with Crippen LogP contribution in [0.5, 0.6) is 0 Å². The predicted molar refractivity (Wildman–Crippen MR) is 71.4 cm³/mol. The van der Waals surface area contributed by atoms with Crippen LogP contribution in [-0.4, -0.2) is 23.8 Å². The Kier molecular flexibility index (Phi) is 4.74. The summed E-state index contributed by atoms with van der Waals surface area (Å²) in [5, 5.41) is 14.9. The van der Waals surface area contributed by atoms with E-state index in [1.54, 1.807) is 12.1 Å². The Hall–Kier alpha value is -1.62. The van der Waals surface area contributed by atoms with E-state index < -0.39 is 0 Å². The Balaban J connectivity index is 1.75. The van der Waals surface area contributed by atoms with Crippen molar-refractivity contribution in [1.82, 2.24) is 5.32 Å². The molecule has 1 fully saturated rings. The summed E-state index contributed by atoms with van der Waals surface area (Å²) in [6.45, 7) is 0.540. The molecule has 1 aliphatic rings. The Bertz CT molecular complexity index is 439. The van der Waals surface area contributed by atoms with E-state index in [9.17, 15) is 14.3 Å². The van der Waals surface area contributed by atoms with Gasteiger partial charge in [-0.15, -0.1) is 0 Å². The quantitative estimate of drug-likeness (QED) is 0.787. The molecule has 2 rings (SSSR count). The summed E-state index contributed by atoms with van der Waals surface area (Å²) >= 11 is 0. The fraction of sp³-hybridized carbons (Fsp3) is 0.500. The lowest BCUT2D eigenvalue weighted by atomic mass is 9.87. The fourth-order valence-electron chi connectivity index (χ4n) is 2.43. The van der Waals surface area contributed by atoms with Crippen molar-refractivity contribution in [3.8, 4) is 0 Å². The molecule has 0 bridgehead atoms. The topological polar surface area (TPSA) is 61.4 Å². The van der Waals surface area contributed by atoms with Gasteiger partial charge in [0, 0.05) is 12.2 Å². The molecule has 4 nitrogen and oxygen atoms in total. The molecule has 1 aliphatic carbocycles. The van der Waals surface area contributed by atoms with E-state index in [2.05, 4.69) is 10.6 Å². The molecule has 0 radical (unpaired) electrons. The molecule has 2 atom stereocenters. The second kappa shape index (κ2) is 6.52. The summed E-state index contributed by atoms with van der Waals surface area (Å²) in [7, 11) is 0. The molecule has 2 unspecified atom stereocenters. The highest BCUT2D eigenvalue weighted by atomic mass is 19.1. The first-order valence-electron chi connectivity index (χ1n) is 6.62. The molecule has 1 aromatic rings. The molecule has 104 valence electrons. The minimum absolute atomic E-state index is 0.244. The number of benzene rings is 1. The minimum atomic E-state index is -0.381. The van der Waals surface area contributed by atoms with Crippen LogP contribution in [0, 0.1) is 11.7 Å². The molecule has 1 aromatic carbocycles. The summed E-state index contributed by atoms with van der Waals surface area (Å²) in [5.74, 6) is -0.0600. The van der Waals surface area contributed by atoms with Crippen LogP contribution in [0.3, 0.4) is 0 Å². The summed E-state index contributed by atoms with van der Waals surface area (Å²) in [5.41, 5.74) is 0.432. The standard InChI is InChI=1S/C14H19FN2O2/c15-11-4-2-5-12(8-11)17-14(19)16-9-10-3-1-6-13(18)7-10/h2,4-5,8,10,13,18H,1,3,6-7,9H2,(H2,16,17,19). The lowest BCUT2D eigenvalue weighted by Gasteiger charge is -2.25. The van der Waals surface area contributed by atoms with E-state index in [1.807, 2.05) is 0 Å². The summed E-state index contributed by atoms with van der Waals surface area (Å²) in [6.07, 6.45) is 3.37. The van der Waals surface area contributed by atoms with Crippen molar-refractivity contribution in [2.45, 2.75) is 31.8 Å². The smallest absolute Gasteiger partial charge is 0.319 e. The highest BCUT2D eigenvalue weighted by molar-refractivity contribution is 5.89. The molecule has 0 heterocycles. The largest absolute Gasteiger partial charge is 0.393 e. The van der Waals surface area contributed by atoms with Gasteiger partial charge in [0.05, 0.1) is 6.10 Å². The van der Waals surface area contributed by atoms with Crippen molar-refractivity contribution in [3.63, 3.8) is 0 Å². The lowest BCUT2D eigenvalue weighted by Crippen LogP contribution is -2.35. The van der Waals surface area contributed by atoms with E-state index in [0.29, 0.717) is 18.2 Å². The zero-order valence-electron chi connectivity index (χ0n) is 10.7. The first-order chi connectivity index (χ1) is 9.13. The molecule has 19 heavy (non-hydrogen) atoms. The Morgan fingerprint density at radius 1 is 1.42 bits per heavy atom. The van der Waals surface area contributed by atoms with Crippen LogP contribution in [-0.2, 0) is 0 Å². The molecular weight excluding hydrogens is 247 g/mol. The van der Waals surface area contributed by atoms with Crippen LogP contribution >= 0.6 is 0 Å². The molecule has 3 N–H and O–H groups in total. The second-order valence-corrected chi connectivity index (χ2v) is 5.03. The number of halogens is 1. The maximum Gasteiger partial charge on any atom is 0.319 e. The number of urea groups is 1. The van der Waals surface area contributed by atoms with Gasteiger partial charge in [-0.1, -0.05) is 12.5 Å². The van der Waals surface area contributed by atoms with Gasteiger partial charge < -0.3 is 15.7 Å². The maximum atomic E-state index is 12.9. The van der Waals surface area contributed by atoms with Crippen molar-refractivity contribution in [2.24, 2.45) is 5.92 Å². The number of hydrogen-bond donors (Lipinski definition) is 3. The third kappa shape index (κ3) is 4.52. The van der Waals surface area contributed by atoms with Crippen molar-refractivity contribution in [2.75, 3.05) is 11.9 Å². The first-order valence-corrected chi connectivity index (χ1v) is 6.62. The summed E-state index contributed by atoms with van der Waals surface area (Å²) in [6, 6.07) is 5.43. The van der Waals surface area contributed by atoms with Crippen molar-refractivity contribution in [3.05, 3.63) is 30.1 Å². The lowest BCUT2D eigenvalue weighted by molar-refractivity contribution is 0.101. The maximum absolute atomic E-state index is 12.9. The Labute approximate surface area is 112 Å². The number of carbonyl (C=O) groups excluding carboxylic acids is 1. The van der Waals surface area contributed by atoms with Gasteiger partial charge in [-0.3, -0.25) is 0 Å². The van der Waals surface area contributed by atoms with E-state index >= 15 is 0 Å². The van der Waals surface area contributed by atoms with E-state index in [4.69, 9.17) is 0 Å². The SMILES string of the molecule is O=C(NCC1CCCC(O)C1)Nc1cccc(F)c1. The number of aliphatic hydroxyl groups is 1. The van der Waals surface area contributed by atoms with Gasteiger partial charge in [-0.2, -0.15) is 0 Å². The number of amides is 2. The average molecular weight is 266 g/mol. The number of nitrogens with one attached hydrogen (secondary N) is 2. The number of hydrogen-bond acceptors (Lipinski definition) is 2. The van der Waals surface area contributed by atoms with Crippen LogP contribution in [0.2, 0.25) is 0 Å². The third-order valence-electron chi connectivity index (χ3n) is 3.39. The van der Waals surface area contributed by atoms with Crippen LogP contribution in [0.25, 0.3) is 0 Å². The zero-order valence-corrected chi connectivity index (χ0v) is 10.7. The molecule has 0 saturated heterocycles. The third-order valence-corrected chi connectivity index (χ3v) is 3.39. The van der Waals surface area contributed by atoms with Gasteiger partial charge in [0.1, 0.15) is 5.82 Å². The second-order valence-electron chi connectivity index (χ2n) is 5.03. The predicted octanol–water partition coefficient (Wildman–Crippen LogP) is 2.50. The minimum Gasteiger partial charge on any atom is -0.393 e. The molecule has 5 heteroatoms. The van der Waals surface area contributed by atoms with Gasteiger partial charge in [0.25, 0.3) is 0 Å². The van der Waals surface area contributed by atoms with Gasteiger partial charge in [-0.25, -0.2) is 9.18 Å². The molecule has 0 aliphatic heterocycles. The number of rotatable bonds is 3. The molecule has 1 saturated carbocycles.